The second kappa shape index (κ2) is 5.50. The van der Waals surface area contributed by atoms with E-state index in [1.165, 1.54) is 0 Å². The number of anilines is 1. The Bertz CT molecular complexity index is 374. The Labute approximate surface area is 104 Å². The van der Waals surface area contributed by atoms with Gasteiger partial charge in [0, 0.05) is 12.6 Å². The number of hydrogen-bond acceptors (Lipinski definition) is 2. The maximum atomic E-state index is 14.0. The molecule has 0 amide bonds. The molecule has 2 nitrogen and oxygen atoms in total. The van der Waals surface area contributed by atoms with Crippen LogP contribution in [-0.4, -0.2) is 19.1 Å². The Morgan fingerprint density at radius 2 is 2.00 bits per heavy atom. The molecule has 0 aromatic heterocycles. The molecular formula is C14H23FN2. The summed E-state index contributed by atoms with van der Waals surface area (Å²) in [6, 6.07) is 5.38. The molecule has 0 saturated heterocycles. The van der Waals surface area contributed by atoms with Gasteiger partial charge >= 0.3 is 0 Å². The first kappa shape index (κ1) is 14.0. The van der Waals surface area contributed by atoms with E-state index in [0.717, 1.165) is 18.4 Å². The van der Waals surface area contributed by atoms with Gasteiger partial charge in [0.15, 0.2) is 0 Å². The van der Waals surface area contributed by atoms with Crippen molar-refractivity contribution in [2.75, 3.05) is 18.5 Å². The molecule has 1 aromatic rings. The third kappa shape index (κ3) is 3.19. The van der Waals surface area contributed by atoms with Crippen molar-refractivity contribution in [2.24, 2.45) is 5.73 Å². The van der Waals surface area contributed by atoms with Gasteiger partial charge in [-0.1, -0.05) is 13.0 Å². The lowest BCUT2D eigenvalue weighted by atomic mass is 9.98. The number of halogens is 1. The molecule has 0 atom stereocenters. The van der Waals surface area contributed by atoms with E-state index < -0.39 is 0 Å². The van der Waals surface area contributed by atoms with Crippen LogP contribution >= 0.6 is 0 Å². The van der Waals surface area contributed by atoms with Crippen molar-refractivity contribution in [3.8, 4) is 0 Å². The zero-order valence-electron chi connectivity index (χ0n) is 11.3. The standard InChI is InChI=1S/C14H23FN2/c1-5-14(2,3)17(4)13-7-6-11(8-9-16)10-12(13)15/h6-7,10H,5,8-9,16H2,1-4H3. The van der Waals surface area contributed by atoms with Gasteiger partial charge in [0.25, 0.3) is 0 Å². The Balaban J connectivity index is 2.99. The van der Waals surface area contributed by atoms with E-state index in [0.29, 0.717) is 12.2 Å². The van der Waals surface area contributed by atoms with E-state index in [2.05, 4.69) is 20.8 Å². The molecule has 0 saturated carbocycles. The second-order valence-corrected chi connectivity index (χ2v) is 5.05. The summed E-state index contributed by atoms with van der Waals surface area (Å²) in [5, 5.41) is 0. The third-order valence-corrected chi connectivity index (χ3v) is 3.58. The summed E-state index contributed by atoms with van der Waals surface area (Å²) in [6.45, 7) is 6.88. The van der Waals surface area contributed by atoms with Gasteiger partial charge in [-0.3, -0.25) is 0 Å². The molecule has 0 spiro atoms. The Hall–Kier alpha value is -1.09. The summed E-state index contributed by atoms with van der Waals surface area (Å²) in [5.41, 5.74) is 7.03. The van der Waals surface area contributed by atoms with Gasteiger partial charge in [0.1, 0.15) is 5.82 Å². The van der Waals surface area contributed by atoms with Crippen LogP contribution in [0.2, 0.25) is 0 Å². The van der Waals surface area contributed by atoms with Crippen LogP contribution in [0, 0.1) is 5.82 Å². The molecule has 96 valence electrons. The highest BCUT2D eigenvalue weighted by Gasteiger charge is 2.23. The highest BCUT2D eigenvalue weighted by molar-refractivity contribution is 5.50. The molecule has 0 radical (unpaired) electrons. The Morgan fingerprint density at radius 3 is 2.47 bits per heavy atom. The van der Waals surface area contributed by atoms with Gasteiger partial charge in [0.05, 0.1) is 5.69 Å². The molecule has 0 aliphatic carbocycles. The maximum Gasteiger partial charge on any atom is 0.146 e. The van der Waals surface area contributed by atoms with Crippen LogP contribution in [0.5, 0.6) is 0 Å². The summed E-state index contributed by atoms with van der Waals surface area (Å²) in [5.74, 6) is -0.167. The summed E-state index contributed by atoms with van der Waals surface area (Å²) in [6.07, 6.45) is 1.69. The molecular weight excluding hydrogens is 215 g/mol. The van der Waals surface area contributed by atoms with Crippen LogP contribution in [0.25, 0.3) is 0 Å². The fourth-order valence-electron chi connectivity index (χ4n) is 1.71. The quantitative estimate of drug-likeness (QED) is 0.854. The van der Waals surface area contributed by atoms with E-state index in [1.54, 1.807) is 6.07 Å². The lowest BCUT2D eigenvalue weighted by Gasteiger charge is -2.37. The van der Waals surface area contributed by atoms with Crippen molar-refractivity contribution in [1.82, 2.24) is 0 Å². The highest BCUT2D eigenvalue weighted by Crippen LogP contribution is 2.27. The highest BCUT2D eigenvalue weighted by atomic mass is 19.1. The molecule has 2 N–H and O–H groups in total. The zero-order valence-corrected chi connectivity index (χ0v) is 11.3. The predicted molar refractivity (Wildman–Crippen MR) is 71.9 cm³/mol. The Morgan fingerprint density at radius 1 is 1.35 bits per heavy atom. The molecule has 0 unspecified atom stereocenters. The van der Waals surface area contributed by atoms with Crippen molar-refractivity contribution < 1.29 is 4.39 Å². The molecule has 0 heterocycles. The smallest absolute Gasteiger partial charge is 0.146 e. The first-order chi connectivity index (χ1) is 7.92. The maximum absolute atomic E-state index is 14.0. The molecule has 17 heavy (non-hydrogen) atoms. The summed E-state index contributed by atoms with van der Waals surface area (Å²) in [4.78, 5) is 1.99. The number of nitrogens with two attached hydrogens (primary N) is 1. The molecule has 0 bridgehead atoms. The normalized spacial score (nSPS) is 11.6. The lowest BCUT2D eigenvalue weighted by Crippen LogP contribution is -2.41. The van der Waals surface area contributed by atoms with E-state index in [9.17, 15) is 4.39 Å². The van der Waals surface area contributed by atoms with Gasteiger partial charge < -0.3 is 10.6 Å². The minimum absolute atomic E-state index is 0.0454. The first-order valence-electron chi connectivity index (χ1n) is 6.14. The number of nitrogens with zero attached hydrogens (tertiary/aromatic N) is 1. The van der Waals surface area contributed by atoms with Crippen molar-refractivity contribution in [3.63, 3.8) is 0 Å². The van der Waals surface area contributed by atoms with Crippen LogP contribution in [-0.2, 0) is 6.42 Å². The first-order valence-corrected chi connectivity index (χ1v) is 6.14. The van der Waals surface area contributed by atoms with Crippen LogP contribution < -0.4 is 10.6 Å². The fraction of sp³-hybridized carbons (Fsp3) is 0.571. The lowest BCUT2D eigenvalue weighted by molar-refractivity contribution is 0.462. The van der Waals surface area contributed by atoms with Crippen LogP contribution in [0.3, 0.4) is 0 Å². The third-order valence-electron chi connectivity index (χ3n) is 3.58. The molecule has 1 rings (SSSR count). The minimum atomic E-state index is -0.167. The van der Waals surface area contributed by atoms with Gasteiger partial charge in [-0.25, -0.2) is 4.39 Å². The summed E-state index contributed by atoms with van der Waals surface area (Å²) < 4.78 is 14.0. The Kier molecular flexibility index (Phi) is 4.52. The van der Waals surface area contributed by atoms with E-state index >= 15 is 0 Å². The summed E-state index contributed by atoms with van der Waals surface area (Å²) in [7, 11) is 1.94. The van der Waals surface area contributed by atoms with E-state index in [-0.39, 0.29) is 11.4 Å². The van der Waals surface area contributed by atoms with Crippen LogP contribution in [0.4, 0.5) is 10.1 Å². The minimum Gasteiger partial charge on any atom is -0.367 e. The van der Waals surface area contributed by atoms with Crippen molar-refractivity contribution in [2.45, 2.75) is 39.2 Å². The van der Waals surface area contributed by atoms with Crippen molar-refractivity contribution in [3.05, 3.63) is 29.6 Å². The van der Waals surface area contributed by atoms with Gasteiger partial charge in [-0.05, 0) is 50.9 Å². The van der Waals surface area contributed by atoms with Gasteiger partial charge in [-0.2, -0.15) is 0 Å². The number of hydrogen-bond donors (Lipinski definition) is 1. The van der Waals surface area contributed by atoms with Crippen LogP contribution in [0.15, 0.2) is 18.2 Å². The van der Waals surface area contributed by atoms with Crippen LogP contribution in [0.1, 0.15) is 32.8 Å². The van der Waals surface area contributed by atoms with E-state index in [1.807, 2.05) is 24.1 Å². The average Bonchev–Trinajstić information content (AvgIpc) is 2.29. The number of rotatable bonds is 5. The molecule has 0 fully saturated rings. The SMILES string of the molecule is CCC(C)(C)N(C)c1ccc(CCN)cc1F. The van der Waals surface area contributed by atoms with Gasteiger partial charge in [-0.15, -0.1) is 0 Å². The average molecular weight is 238 g/mol. The number of benzene rings is 1. The predicted octanol–water partition coefficient (Wildman–Crippen LogP) is 2.95. The summed E-state index contributed by atoms with van der Waals surface area (Å²) >= 11 is 0. The topological polar surface area (TPSA) is 29.3 Å². The van der Waals surface area contributed by atoms with Crippen molar-refractivity contribution in [1.29, 1.82) is 0 Å². The largest absolute Gasteiger partial charge is 0.367 e. The molecule has 1 aromatic carbocycles. The zero-order chi connectivity index (χ0) is 13.1. The molecule has 3 heteroatoms. The second-order valence-electron chi connectivity index (χ2n) is 5.05. The van der Waals surface area contributed by atoms with Crippen molar-refractivity contribution >= 4 is 5.69 Å². The molecule has 0 aliphatic heterocycles. The van der Waals surface area contributed by atoms with E-state index in [4.69, 9.17) is 5.73 Å². The fourth-order valence-corrected chi connectivity index (χ4v) is 1.71. The molecule has 0 aliphatic rings. The van der Waals surface area contributed by atoms with Gasteiger partial charge in [0.2, 0.25) is 0 Å². The monoisotopic (exact) mass is 238 g/mol.